The maximum atomic E-state index is 9.84. The Hall–Kier alpha value is -2.10. The zero-order valence-electron chi connectivity index (χ0n) is 12.4. The van der Waals surface area contributed by atoms with E-state index in [0.717, 1.165) is 0 Å². The van der Waals surface area contributed by atoms with E-state index in [1.807, 2.05) is 14.1 Å². The predicted octanol–water partition coefficient (Wildman–Crippen LogP) is -0.312. The van der Waals surface area contributed by atoms with Crippen molar-refractivity contribution in [2.24, 2.45) is 4.99 Å². The summed E-state index contributed by atoms with van der Waals surface area (Å²) in [4.78, 5) is 14.5. The Bertz CT molecular complexity index is 685. The maximum Gasteiger partial charge on any atom is 0.167 e. The average molecular weight is 306 g/mol. The number of aliphatic hydroxyl groups is 2. The first-order valence-electron chi connectivity index (χ1n) is 6.93. The second-order valence-corrected chi connectivity index (χ2v) is 5.35. The first-order chi connectivity index (χ1) is 10.6. The minimum absolute atomic E-state index is 0.232. The van der Waals surface area contributed by atoms with Gasteiger partial charge in [-0.1, -0.05) is 0 Å². The molecule has 1 aliphatic rings. The van der Waals surface area contributed by atoms with Crippen LogP contribution in [0.2, 0.25) is 0 Å². The van der Waals surface area contributed by atoms with Gasteiger partial charge in [0.05, 0.1) is 30.6 Å². The van der Waals surface area contributed by atoms with Crippen LogP contribution in [-0.2, 0) is 4.74 Å². The molecular weight excluding hydrogens is 288 g/mol. The summed E-state index contributed by atoms with van der Waals surface area (Å²) in [6, 6.07) is 0. The van der Waals surface area contributed by atoms with Crippen molar-refractivity contribution >= 4 is 23.2 Å². The van der Waals surface area contributed by atoms with Crippen molar-refractivity contribution in [3.05, 3.63) is 12.5 Å². The van der Waals surface area contributed by atoms with Crippen LogP contribution in [-0.4, -0.2) is 74.1 Å². The second-order valence-electron chi connectivity index (χ2n) is 5.35. The fourth-order valence-corrected chi connectivity index (χ4v) is 2.36. The van der Waals surface area contributed by atoms with Crippen molar-refractivity contribution in [3.63, 3.8) is 0 Å². The molecule has 0 amide bonds. The van der Waals surface area contributed by atoms with Crippen molar-refractivity contribution in [2.75, 3.05) is 20.7 Å². The van der Waals surface area contributed by atoms with Gasteiger partial charge in [-0.15, -0.1) is 0 Å². The number of aromatic nitrogens is 4. The Morgan fingerprint density at radius 2 is 2.32 bits per heavy atom. The van der Waals surface area contributed by atoms with Crippen LogP contribution < -0.4 is 0 Å². The summed E-state index contributed by atoms with van der Waals surface area (Å²) >= 11 is 0. The van der Waals surface area contributed by atoms with E-state index in [-0.39, 0.29) is 6.61 Å². The summed E-state index contributed by atoms with van der Waals surface area (Å²) in [5.41, 5.74) is 0.580. The van der Waals surface area contributed by atoms with Gasteiger partial charge < -0.3 is 19.8 Å². The first kappa shape index (κ1) is 14.8. The molecule has 0 unspecified atom stereocenters. The van der Waals surface area contributed by atoms with E-state index in [4.69, 9.17) is 9.84 Å². The van der Waals surface area contributed by atoms with Gasteiger partial charge in [0, 0.05) is 20.5 Å². The molecular formula is C13H18N6O3. The Balaban J connectivity index is 1.95. The molecule has 9 heteroatoms. The highest BCUT2D eigenvalue weighted by molar-refractivity contribution is 5.86. The molecule has 1 saturated heterocycles. The van der Waals surface area contributed by atoms with Gasteiger partial charge in [0.15, 0.2) is 17.7 Å². The van der Waals surface area contributed by atoms with Crippen LogP contribution in [0.15, 0.2) is 17.5 Å². The topological polar surface area (TPSA) is 109 Å². The molecule has 0 bridgehead atoms. The highest BCUT2D eigenvalue weighted by Gasteiger charge is 2.35. The third kappa shape index (κ3) is 2.65. The molecule has 3 rings (SSSR count). The molecule has 1 aliphatic heterocycles. The van der Waals surface area contributed by atoms with Gasteiger partial charge >= 0.3 is 0 Å². The Kier molecular flexibility index (Phi) is 4.01. The molecule has 0 aromatic carbocycles. The number of ether oxygens (including phenoxy) is 1. The molecule has 118 valence electrons. The largest absolute Gasteiger partial charge is 0.394 e. The van der Waals surface area contributed by atoms with Crippen LogP contribution in [0.4, 0.5) is 5.82 Å². The highest BCUT2D eigenvalue weighted by atomic mass is 16.5. The summed E-state index contributed by atoms with van der Waals surface area (Å²) in [5.74, 6) is 0.516. The molecule has 22 heavy (non-hydrogen) atoms. The molecule has 2 N–H and O–H groups in total. The zero-order valence-corrected chi connectivity index (χ0v) is 12.4. The zero-order chi connectivity index (χ0) is 15.7. The molecule has 3 heterocycles. The lowest BCUT2D eigenvalue weighted by Crippen LogP contribution is -2.24. The smallest absolute Gasteiger partial charge is 0.167 e. The summed E-state index contributed by atoms with van der Waals surface area (Å²) < 4.78 is 7.19. The monoisotopic (exact) mass is 306 g/mol. The van der Waals surface area contributed by atoms with Gasteiger partial charge in [-0.05, 0) is 0 Å². The lowest BCUT2D eigenvalue weighted by Gasteiger charge is -2.12. The summed E-state index contributed by atoms with van der Waals surface area (Å²) in [5, 5.41) is 24.0. The minimum Gasteiger partial charge on any atom is -0.394 e. The minimum atomic E-state index is -0.720. The lowest BCUT2D eigenvalue weighted by molar-refractivity contribution is -0.0470. The molecule has 2 aromatic rings. The predicted molar refractivity (Wildman–Crippen MR) is 78.8 cm³/mol. The quantitative estimate of drug-likeness (QED) is 0.589. The maximum absolute atomic E-state index is 9.84. The van der Waals surface area contributed by atoms with Crippen molar-refractivity contribution in [1.82, 2.24) is 24.6 Å². The summed E-state index contributed by atoms with van der Waals surface area (Å²) in [6.07, 6.45) is 3.25. The standard InChI is InChI=1S/C13H18N6O3/c1-18(2)7-16-12-8-4-17-19(13(8)15-6-14-12)11-3-9(21)10(5-20)22-11/h4,6-7,9-11,20-21H,3,5H2,1-2H3/b16-7+/t9-,10-,11-/m1/s1. The fraction of sp³-hybridized carbons (Fsp3) is 0.538. The summed E-state index contributed by atoms with van der Waals surface area (Å²) in [7, 11) is 3.74. The van der Waals surface area contributed by atoms with E-state index in [2.05, 4.69) is 20.1 Å². The molecule has 0 radical (unpaired) electrons. The van der Waals surface area contributed by atoms with Crippen LogP contribution in [0.25, 0.3) is 11.0 Å². The molecule has 9 nitrogen and oxygen atoms in total. The van der Waals surface area contributed by atoms with Crippen LogP contribution in [0.5, 0.6) is 0 Å². The van der Waals surface area contributed by atoms with E-state index in [9.17, 15) is 5.11 Å². The number of fused-ring (bicyclic) bond motifs is 1. The van der Waals surface area contributed by atoms with E-state index in [1.54, 1.807) is 22.1 Å². The van der Waals surface area contributed by atoms with Gasteiger partial charge in [0.1, 0.15) is 12.4 Å². The molecule has 0 aliphatic carbocycles. The lowest BCUT2D eigenvalue weighted by atomic mass is 10.2. The van der Waals surface area contributed by atoms with Gasteiger partial charge in [-0.25, -0.2) is 19.6 Å². The first-order valence-corrected chi connectivity index (χ1v) is 6.93. The van der Waals surface area contributed by atoms with Crippen molar-refractivity contribution in [1.29, 1.82) is 0 Å². The Labute approximate surface area is 126 Å². The van der Waals surface area contributed by atoms with Gasteiger partial charge in [-0.3, -0.25) is 0 Å². The third-order valence-corrected chi connectivity index (χ3v) is 3.44. The number of rotatable bonds is 4. The highest BCUT2D eigenvalue weighted by Crippen LogP contribution is 2.31. The normalized spacial score (nSPS) is 25.4. The summed E-state index contributed by atoms with van der Waals surface area (Å²) in [6.45, 7) is -0.232. The number of hydrogen-bond donors (Lipinski definition) is 2. The molecule has 0 spiro atoms. The van der Waals surface area contributed by atoms with Crippen LogP contribution in [0, 0.1) is 0 Å². The average Bonchev–Trinajstić information content (AvgIpc) is 3.08. The number of hydrogen-bond acceptors (Lipinski definition) is 7. The van der Waals surface area contributed by atoms with Crippen molar-refractivity contribution < 1.29 is 14.9 Å². The van der Waals surface area contributed by atoms with Gasteiger partial charge in [0.25, 0.3) is 0 Å². The molecule has 1 fully saturated rings. The molecule has 3 atom stereocenters. The van der Waals surface area contributed by atoms with E-state index < -0.39 is 18.4 Å². The van der Waals surface area contributed by atoms with Crippen molar-refractivity contribution in [3.8, 4) is 0 Å². The molecule has 2 aromatic heterocycles. The third-order valence-electron chi connectivity index (χ3n) is 3.44. The van der Waals surface area contributed by atoms with E-state index in [0.29, 0.717) is 23.3 Å². The van der Waals surface area contributed by atoms with Crippen LogP contribution >= 0.6 is 0 Å². The number of aliphatic hydroxyl groups excluding tert-OH is 2. The number of nitrogens with zero attached hydrogens (tertiary/aromatic N) is 6. The van der Waals surface area contributed by atoms with E-state index in [1.165, 1.54) is 6.33 Å². The van der Waals surface area contributed by atoms with Gasteiger partial charge in [0.2, 0.25) is 0 Å². The van der Waals surface area contributed by atoms with Gasteiger partial charge in [-0.2, -0.15) is 5.10 Å². The van der Waals surface area contributed by atoms with Crippen LogP contribution in [0.1, 0.15) is 12.6 Å². The van der Waals surface area contributed by atoms with Crippen LogP contribution in [0.3, 0.4) is 0 Å². The Morgan fingerprint density at radius 1 is 1.50 bits per heavy atom. The molecule has 0 saturated carbocycles. The fourth-order valence-electron chi connectivity index (χ4n) is 2.36. The van der Waals surface area contributed by atoms with Crippen molar-refractivity contribution in [2.45, 2.75) is 24.9 Å². The SMILES string of the molecule is CN(C)/C=N/c1ncnc2c1cnn2[C@H]1C[C@@H](O)[C@@H](CO)O1. The number of aliphatic imine (C=N–C) groups is 1. The van der Waals surface area contributed by atoms with E-state index >= 15 is 0 Å². The Morgan fingerprint density at radius 3 is 3.00 bits per heavy atom. The second kappa shape index (κ2) is 5.95.